The van der Waals surface area contributed by atoms with Gasteiger partial charge >= 0.3 is 0 Å². The third-order valence-corrected chi connectivity index (χ3v) is 3.56. The molecule has 1 aromatic heterocycles. The molecule has 0 atom stereocenters. The van der Waals surface area contributed by atoms with Crippen molar-refractivity contribution in [1.29, 1.82) is 0 Å². The summed E-state index contributed by atoms with van der Waals surface area (Å²) in [5.74, 6) is 0. The molecule has 0 aliphatic carbocycles. The van der Waals surface area contributed by atoms with Gasteiger partial charge in [-0.25, -0.2) is 0 Å². The fourth-order valence-corrected chi connectivity index (χ4v) is 2.83. The normalized spacial score (nSPS) is 11.1. The van der Waals surface area contributed by atoms with E-state index in [1.54, 1.807) is 0 Å². The quantitative estimate of drug-likeness (QED) is 0.843. The first-order valence-corrected chi connectivity index (χ1v) is 7.34. The van der Waals surface area contributed by atoms with E-state index in [1.807, 2.05) is 11.7 Å². The van der Waals surface area contributed by atoms with Gasteiger partial charge in [0.15, 0.2) is 0 Å². The van der Waals surface area contributed by atoms with Crippen molar-refractivity contribution in [2.75, 3.05) is 6.54 Å². The Balaban J connectivity index is 2.42. The van der Waals surface area contributed by atoms with Crippen molar-refractivity contribution in [3.8, 4) is 11.3 Å². The van der Waals surface area contributed by atoms with Gasteiger partial charge in [-0.1, -0.05) is 24.6 Å². The number of hydrogen-bond acceptors (Lipinski definition) is 2. The summed E-state index contributed by atoms with van der Waals surface area (Å²) in [4.78, 5) is 0. The van der Waals surface area contributed by atoms with Crippen LogP contribution in [0.3, 0.4) is 0 Å². The Morgan fingerprint density at radius 2 is 1.80 bits per heavy atom. The number of aryl methyl sites for hydroxylation is 4. The fourth-order valence-electron chi connectivity index (χ4n) is 2.83. The molecule has 2 aromatic rings. The zero-order valence-corrected chi connectivity index (χ0v) is 13.2. The van der Waals surface area contributed by atoms with Gasteiger partial charge in [-0.3, -0.25) is 4.68 Å². The van der Waals surface area contributed by atoms with Gasteiger partial charge in [0.25, 0.3) is 0 Å². The van der Waals surface area contributed by atoms with E-state index in [-0.39, 0.29) is 0 Å². The van der Waals surface area contributed by atoms with E-state index in [2.05, 4.69) is 56.4 Å². The topological polar surface area (TPSA) is 29.9 Å². The van der Waals surface area contributed by atoms with Crippen LogP contribution in [0.15, 0.2) is 18.3 Å². The van der Waals surface area contributed by atoms with Crippen LogP contribution >= 0.6 is 0 Å². The third kappa shape index (κ3) is 3.10. The summed E-state index contributed by atoms with van der Waals surface area (Å²) in [6, 6.07) is 4.47. The van der Waals surface area contributed by atoms with Crippen molar-refractivity contribution in [3.05, 3.63) is 40.6 Å². The van der Waals surface area contributed by atoms with Crippen LogP contribution in [0.25, 0.3) is 11.3 Å². The minimum Gasteiger partial charge on any atom is -0.313 e. The third-order valence-electron chi connectivity index (χ3n) is 3.56. The number of hydrogen-bond donors (Lipinski definition) is 1. The average Bonchev–Trinajstić information content (AvgIpc) is 2.69. The molecule has 0 bridgehead atoms. The molecule has 1 aromatic carbocycles. The highest BCUT2D eigenvalue weighted by Crippen LogP contribution is 2.29. The van der Waals surface area contributed by atoms with E-state index >= 15 is 0 Å². The molecule has 0 fully saturated rings. The van der Waals surface area contributed by atoms with Gasteiger partial charge in [0.05, 0.1) is 5.69 Å². The van der Waals surface area contributed by atoms with Crippen molar-refractivity contribution >= 4 is 0 Å². The smallest absolute Gasteiger partial charge is 0.0973 e. The number of aromatic nitrogens is 2. The summed E-state index contributed by atoms with van der Waals surface area (Å²) in [5.41, 5.74) is 7.59. The Kier molecular flexibility index (Phi) is 4.61. The Labute approximate surface area is 122 Å². The Bertz CT molecular complexity index is 573. The SMILES string of the molecule is CCCNCc1cn(C)nc1-c1c(C)cc(C)cc1C. The summed E-state index contributed by atoms with van der Waals surface area (Å²) in [6.45, 7) is 10.6. The molecule has 0 radical (unpaired) electrons. The average molecular weight is 271 g/mol. The zero-order chi connectivity index (χ0) is 14.7. The Morgan fingerprint density at radius 3 is 2.40 bits per heavy atom. The molecule has 0 amide bonds. The molecule has 0 aliphatic heterocycles. The maximum absolute atomic E-state index is 4.69. The van der Waals surface area contributed by atoms with E-state index in [4.69, 9.17) is 0 Å². The van der Waals surface area contributed by atoms with Crippen LogP contribution in [-0.4, -0.2) is 16.3 Å². The molecule has 0 saturated heterocycles. The molecule has 20 heavy (non-hydrogen) atoms. The summed E-state index contributed by atoms with van der Waals surface area (Å²) in [5, 5.41) is 8.16. The lowest BCUT2D eigenvalue weighted by Gasteiger charge is -2.11. The summed E-state index contributed by atoms with van der Waals surface area (Å²) < 4.78 is 1.91. The van der Waals surface area contributed by atoms with Gasteiger partial charge in [0, 0.05) is 30.9 Å². The fraction of sp³-hybridized carbons (Fsp3) is 0.471. The highest BCUT2D eigenvalue weighted by molar-refractivity contribution is 5.70. The van der Waals surface area contributed by atoms with E-state index in [0.29, 0.717) is 0 Å². The number of rotatable bonds is 5. The largest absolute Gasteiger partial charge is 0.313 e. The minimum absolute atomic E-state index is 0.879. The highest BCUT2D eigenvalue weighted by Gasteiger charge is 2.14. The summed E-state index contributed by atoms with van der Waals surface area (Å²) in [7, 11) is 1.99. The molecular weight excluding hydrogens is 246 g/mol. The summed E-state index contributed by atoms with van der Waals surface area (Å²) >= 11 is 0. The molecule has 2 rings (SSSR count). The molecule has 0 aliphatic rings. The number of benzene rings is 1. The van der Waals surface area contributed by atoms with Crippen LogP contribution in [0, 0.1) is 20.8 Å². The van der Waals surface area contributed by atoms with Crippen molar-refractivity contribution < 1.29 is 0 Å². The Morgan fingerprint density at radius 1 is 1.15 bits per heavy atom. The highest BCUT2D eigenvalue weighted by atomic mass is 15.3. The molecule has 3 nitrogen and oxygen atoms in total. The second-order valence-electron chi connectivity index (χ2n) is 5.63. The van der Waals surface area contributed by atoms with Crippen LogP contribution < -0.4 is 5.32 Å². The lowest BCUT2D eigenvalue weighted by molar-refractivity contribution is 0.675. The van der Waals surface area contributed by atoms with E-state index in [0.717, 1.165) is 25.2 Å². The van der Waals surface area contributed by atoms with E-state index < -0.39 is 0 Å². The first-order chi connectivity index (χ1) is 9.52. The first kappa shape index (κ1) is 14.8. The molecule has 0 spiro atoms. The minimum atomic E-state index is 0.879. The lowest BCUT2D eigenvalue weighted by Crippen LogP contribution is -2.14. The van der Waals surface area contributed by atoms with Gasteiger partial charge in [-0.2, -0.15) is 5.10 Å². The molecule has 108 valence electrons. The first-order valence-electron chi connectivity index (χ1n) is 7.34. The van der Waals surface area contributed by atoms with Gasteiger partial charge in [-0.15, -0.1) is 0 Å². The predicted octanol–water partition coefficient (Wildman–Crippen LogP) is 3.51. The van der Waals surface area contributed by atoms with Gasteiger partial charge in [0.1, 0.15) is 0 Å². The zero-order valence-electron chi connectivity index (χ0n) is 13.2. The molecule has 0 saturated carbocycles. The molecule has 1 heterocycles. The van der Waals surface area contributed by atoms with Crippen molar-refractivity contribution in [2.45, 2.75) is 40.7 Å². The molecule has 3 heteroatoms. The van der Waals surface area contributed by atoms with Crippen LogP contribution in [0.4, 0.5) is 0 Å². The van der Waals surface area contributed by atoms with Gasteiger partial charge in [0.2, 0.25) is 0 Å². The Hall–Kier alpha value is -1.61. The molecule has 1 N–H and O–H groups in total. The lowest BCUT2D eigenvalue weighted by atomic mass is 9.95. The number of nitrogens with one attached hydrogen (secondary N) is 1. The van der Waals surface area contributed by atoms with E-state index in [1.165, 1.54) is 27.8 Å². The van der Waals surface area contributed by atoms with Crippen molar-refractivity contribution in [2.24, 2.45) is 7.05 Å². The second-order valence-corrected chi connectivity index (χ2v) is 5.63. The van der Waals surface area contributed by atoms with Crippen LogP contribution in [-0.2, 0) is 13.6 Å². The van der Waals surface area contributed by atoms with Gasteiger partial charge < -0.3 is 5.32 Å². The summed E-state index contributed by atoms with van der Waals surface area (Å²) in [6.07, 6.45) is 3.27. The molecule has 0 unspecified atom stereocenters. The van der Waals surface area contributed by atoms with Gasteiger partial charge in [-0.05, 0) is 44.9 Å². The maximum Gasteiger partial charge on any atom is 0.0973 e. The predicted molar refractivity (Wildman–Crippen MR) is 84.9 cm³/mol. The number of nitrogens with zero attached hydrogens (tertiary/aromatic N) is 2. The van der Waals surface area contributed by atoms with Crippen molar-refractivity contribution in [3.63, 3.8) is 0 Å². The monoisotopic (exact) mass is 271 g/mol. The van der Waals surface area contributed by atoms with Crippen LogP contribution in [0.5, 0.6) is 0 Å². The second kappa shape index (κ2) is 6.23. The molecular formula is C17H25N3. The van der Waals surface area contributed by atoms with Crippen LogP contribution in [0.2, 0.25) is 0 Å². The standard InChI is InChI=1S/C17H25N3/c1-6-7-18-10-15-11-20(5)19-17(15)16-13(3)8-12(2)9-14(16)4/h8-9,11,18H,6-7,10H2,1-5H3. The van der Waals surface area contributed by atoms with E-state index in [9.17, 15) is 0 Å². The van der Waals surface area contributed by atoms with Crippen molar-refractivity contribution in [1.82, 2.24) is 15.1 Å². The maximum atomic E-state index is 4.69. The van der Waals surface area contributed by atoms with Crippen LogP contribution in [0.1, 0.15) is 35.6 Å².